The highest BCUT2D eigenvalue weighted by molar-refractivity contribution is 5.64. The van der Waals surface area contributed by atoms with E-state index in [1.165, 1.54) is 13.0 Å². The van der Waals surface area contributed by atoms with Crippen LogP contribution in [-0.4, -0.2) is 62.3 Å². The Morgan fingerprint density at radius 3 is 2.90 bits per heavy atom. The lowest BCUT2D eigenvalue weighted by Crippen LogP contribution is -2.28. The van der Waals surface area contributed by atoms with Crippen molar-refractivity contribution in [1.82, 2.24) is 14.9 Å². The maximum absolute atomic E-state index is 5.54. The van der Waals surface area contributed by atoms with Crippen molar-refractivity contribution in [2.75, 3.05) is 57.6 Å². The topological polar surface area (TPSA) is 53.5 Å². The number of anilines is 2. The van der Waals surface area contributed by atoms with Crippen LogP contribution in [0.4, 0.5) is 11.6 Å². The van der Waals surface area contributed by atoms with Gasteiger partial charge in [-0.2, -0.15) is 0 Å². The first-order valence-corrected chi connectivity index (χ1v) is 7.68. The maximum Gasteiger partial charge on any atom is 0.204 e. The molecular formula is C15H27N5O. The molecule has 118 valence electrons. The third kappa shape index (κ3) is 3.97. The van der Waals surface area contributed by atoms with Gasteiger partial charge >= 0.3 is 0 Å². The number of hydrogen-bond acceptors (Lipinski definition) is 6. The normalized spacial score (nSPS) is 18.8. The van der Waals surface area contributed by atoms with E-state index in [2.05, 4.69) is 46.1 Å². The van der Waals surface area contributed by atoms with Crippen molar-refractivity contribution < 1.29 is 4.74 Å². The van der Waals surface area contributed by atoms with E-state index < -0.39 is 0 Å². The third-order valence-electron chi connectivity index (χ3n) is 3.91. The average molecular weight is 293 g/mol. The van der Waals surface area contributed by atoms with E-state index in [-0.39, 0.29) is 0 Å². The van der Waals surface area contributed by atoms with Crippen molar-refractivity contribution in [3.63, 3.8) is 0 Å². The summed E-state index contributed by atoms with van der Waals surface area (Å²) in [5.41, 5.74) is 0. The summed E-state index contributed by atoms with van der Waals surface area (Å²) in [7, 11) is 5.93. The summed E-state index contributed by atoms with van der Waals surface area (Å²) in [4.78, 5) is 13.3. The van der Waals surface area contributed by atoms with Gasteiger partial charge in [0.25, 0.3) is 0 Å². The molecule has 0 aromatic carbocycles. The number of rotatable bonds is 7. The van der Waals surface area contributed by atoms with E-state index in [0.29, 0.717) is 5.92 Å². The van der Waals surface area contributed by atoms with Gasteiger partial charge in [-0.15, -0.1) is 0 Å². The second kappa shape index (κ2) is 7.45. The molecule has 0 bridgehead atoms. The number of likely N-dealkylation sites (tertiary alicyclic amines) is 1. The summed E-state index contributed by atoms with van der Waals surface area (Å²) < 4.78 is 5.54. The van der Waals surface area contributed by atoms with Crippen LogP contribution in [0, 0.1) is 5.92 Å². The van der Waals surface area contributed by atoms with Gasteiger partial charge < -0.3 is 19.9 Å². The summed E-state index contributed by atoms with van der Waals surface area (Å²) in [5, 5.41) is 3.30. The van der Waals surface area contributed by atoms with E-state index in [4.69, 9.17) is 4.74 Å². The van der Waals surface area contributed by atoms with Gasteiger partial charge in [-0.3, -0.25) is 0 Å². The summed E-state index contributed by atoms with van der Waals surface area (Å²) >= 11 is 0. The molecule has 0 radical (unpaired) electrons. The monoisotopic (exact) mass is 293 g/mol. The molecule has 0 spiro atoms. The van der Waals surface area contributed by atoms with Gasteiger partial charge in [0.05, 0.1) is 7.11 Å². The van der Waals surface area contributed by atoms with Gasteiger partial charge in [0.1, 0.15) is 6.33 Å². The third-order valence-corrected chi connectivity index (χ3v) is 3.91. The Morgan fingerprint density at radius 2 is 2.29 bits per heavy atom. The molecule has 1 saturated heterocycles. The van der Waals surface area contributed by atoms with E-state index >= 15 is 0 Å². The van der Waals surface area contributed by atoms with Gasteiger partial charge in [0.2, 0.25) is 5.75 Å². The lowest BCUT2D eigenvalue weighted by Gasteiger charge is -2.24. The van der Waals surface area contributed by atoms with Crippen LogP contribution in [0.25, 0.3) is 0 Å². The molecule has 6 heteroatoms. The molecule has 1 fully saturated rings. The first-order valence-electron chi connectivity index (χ1n) is 7.68. The minimum Gasteiger partial charge on any atom is -0.490 e. The molecule has 1 unspecified atom stereocenters. The zero-order valence-electron chi connectivity index (χ0n) is 13.6. The quantitative estimate of drug-likeness (QED) is 0.826. The molecule has 2 heterocycles. The van der Waals surface area contributed by atoms with Crippen LogP contribution in [0.1, 0.15) is 19.8 Å². The molecular weight excluding hydrogens is 266 g/mol. The Labute approximate surface area is 127 Å². The van der Waals surface area contributed by atoms with Crippen molar-refractivity contribution in [2.24, 2.45) is 5.92 Å². The minimum atomic E-state index is 0.687. The summed E-state index contributed by atoms with van der Waals surface area (Å²) in [6, 6.07) is 0. The van der Waals surface area contributed by atoms with Crippen LogP contribution in [-0.2, 0) is 0 Å². The highest BCUT2D eigenvalue weighted by Crippen LogP contribution is 2.32. The van der Waals surface area contributed by atoms with Gasteiger partial charge in [0, 0.05) is 26.7 Å². The maximum atomic E-state index is 5.54. The molecule has 1 aromatic rings. The van der Waals surface area contributed by atoms with Crippen molar-refractivity contribution in [3.05, 3.63) is 6.33 Å². The zero-order chi connectivity index (χ0) is 15.2. The molecule has 1 aromatic heterocycles. The first-order chi connectivity index (χ1) is 10.2. The minimum absolute atomic E-state index is 0.687. The average Bonchev–Trinajstić information content (AvgIpc) is 2.89. The number of aromatic nitrogens is 2. The fourth-order valence-electron chi connectivity index (χ4n) is 2.84. The summed E-state index contributed by atoms with van der Waals surface area (Å²) in [6.45, 7) is 6.33. The summed E-state index contributed by atoms with van der Waals surface area (Å²) in [5.74, 6) is 3.06. The first kappa shape index (κ1) is 15.8. The Kier molecular flexibility index (Phi) is 5.61. The number of methoxy groups -OCH3 is 1. The number of nitrogens with one attached hydrogen (secondary N) is 1. The zero-order valence-corrected chi connectivity index (χ0v) is 13.6. The Hall–Kier alpha value is -1.56. The van der Waals surface area contributed by atoms with Crippen LogP contribution >= 0.6 is 0 Å². The largest absolute Gasteiger partial charge is 0.490 e. The fraction of sp³-hybridized carbons (Fsp3) is 0.733. The predicted octanol–water partition coefficient (Wildman–Crippen LogP) is 1.69. The Bertz CT molecular complexity index is 454. The molecule has 0 aliphatic carbocycles. The molecule has 0 saturated carbocycles. The lowest BCUT2D eigenvalue weighted by atomic mass is 10.1. The summed E-state index contributed by atoms with van der Waals surface area (Å²) in [6.07, 6.45) is 3.90. The molecule has 0 amide bonds. The van der Waals surface area contributed by atoms with Crippen LogP contribution < -0.4 is 15.0 Å². The Balaban J connectivity index is 2.10. The van der Waals surface area contributed by atoms with Crippen molar-refractivity contribution in [1.29, 1.82) is 0 Å². The van der Waals surface area contributed by atoms with Crippen molar-refractivity contribution >= 4 is 11.6 Å². The van der Waals surface area contributed by atoms with E-state index in [1.807, 2.05) is 0 Å². The van der Waals surface area contributed by atoms with Gasteiger partial charge in [0.15, 0.2) is 11.6 Å². The highest BCUT2D eigenvalue weighted by Gasteiger charge is 2.23. The molecule has 1 N–H and O–H groups in total. The van der Waals surface area contributed by atoms with Crippen LogP contribution in [0.5, 0.6) is 5.75 Å². The fourth-order valence-corrected chi connectivity index (χ4v) is 2.84. The molecule has 2 rings (SSSR count). The number of hydrogen-bond donors (Lipinski definition) is 1. The second-order valence-electron chi connectivity index (χ2n) is 5.80. The molecule has 6 nitrogen and oxygen atoms in total. The van der Waals surface area contributed by atoms with Crippen LogP contribution in [0.3, 0.4) is 0 Å². The van der Waals surface area contributed by atoms with Gasteiger partial charge in [-0.05, 0) is 32.4 Å². The van der Waals surface area contributed by atoms with Gasteiger partial charge in [-0.1, -0.05) is 6.92 Å². The smallest absolute Gasteiger partial charge is 0.204 e. The van der Waals surface area contributed by atoms with Crippen LogP contribution in [0.2, 0.25) is 0 Å². The number of nitrogens with zero attached hydrogens (tertiary/aromatic N) is 4. The van der Waals surface area contributed by atoms with Crippen molar-refractivity contribution in [3.8, 4) is 5.75 Å². The molecule has 1 aliphatic rings. The molecule has 1 aliphatic heterocycles. The lowest BCUT2D eigenvalue weighted by molar-refractivity contribution is 0.393. The second-order valence-corrected chi connectivity index (χ2v) is 5.80. The highest BCUT2D eigenvalue weighted by atomic mass is 16.5. The SMILES string of the molecule is CCCNc1ncnc(N(C)CC2CCN(C)C2)c1OC. The van der Waals surface area contributed by atoms with Gasteiger partial charge in [-0.25, -0.2) is 9.97 Å². The molecule has 1 atom stereocenters. The predicted molar refractivity (Wildman–Crippen MR) is 86.2 cm³/mol. The Morgan fingerprint density at radius 1 is 1.48 bits per heavy atom. The van der Waals surface area contributed by atoms with E-state index in [9.17, 15) is 0 Å². The van der Waals surface area contributed by atoms with E-state index in [1.54, 1.807) is 13.4 Å². The van der Waals surface area contributed by atoms with E-state index in [0.717, 1.165) is 43.4 Å². The van der Waals surface area contributed by atoms with Crippen molar-refractivity contribution in [2.45, 2.75) is 19.8 Å². The molecule has 21 heavy (non-hydrogen) atoms. The number of ether oxygens (including phenoxy) is 1. The van der Waals surface area contributed by atoms with Crippen LogP contribution in [0.15, 0.2) is 6.33 Å². The standard InChI is InChI=1S/C15H27N5O/c1-5-7-16-14-13(21-4)15(18-11-17-14)20(3)10-12-6-8-19(2)9-12/h11-12H,5-10H2,1-4H3,(H,16,17,18).